The molecule has 2 aliphatic rings. The first kappa shape index (κ1) is 24.3. The van der Waals surface area contributed by atoms with Crippen LogP contribution in [0, 0.1) is 0 Å². The molecular weight excluding hydrogens is 466 g/mol. The second kappa shape index (κ2) is 9.84. The van der Waals surface area contributed by atoms with Gasteiger partial charge in [-0.1, -0.05) is 35.9 Å². The Kier molecular flexibility index (Phi) is 7.04. The normalized spacial score (nSPS) is 25.4. The van der Waals surface area contributed by atoms with Crippen LogP contribution < -0.4 is 10.5 Å². The van der Waals surface area contributed by atoms with Gasteiger partial charge in [0, 0.05) is 36.4 Å². The van der Waals surface area contributed by atoms with Gasteiger partial charge in [-0.3, -0.25) is 9.69 Å². The van der Waals surface area contributed by atoms with Crippen LogP contribution in [-0.4, -0.2) is 47.1 Å². The maximum absolute atomic E-state index is 13.2. The Hall–Kier alpha value is -2.78. The van der Waals surface area contributed by atoms with Gasteiger partial charge >= 0.3 is 6.61 Å². The van der Waals surface area contributed by atoms with Crippen LogP contribution in [0.25, 0.3) is 0 Å². The SMILES string of the molecule is C[C@H]1C[C@H](N2C(=O)C[C@@](C)(c3cccc(Cc4ccc(OC(F)F)nc4)c3Cl)N=C2N)CCO1. The molecule has 10 heteroatoms. The molecule has 3 atom stereocenters. The molecule has 0 unspecified atom stereocenters. The fraction of sp³-hybridized carbons (Fsp3) is 0.458. The number of aromatic nitrogens is 1. The first-order valence-electron chi connectivity index (χ1n) is 11.1. The third-order valence-corrected chi connectivity index (χ3v) is 6.70. The Morgan fingerprint density at radius 3 is 2.79 bits per heavy atom. The predicted octanol–water partition coefficient (Wildman–Crippen LogP) is 4.26. The zero-order valence-electron chi connectivity index (χ0n) is 19.0. The Bertz CT molecular complexity index is 1080. The first-order chi connectivity index (χ1) is 16.2. The van der Waals surface area contributed by atoms with Gasteiger partial charge in [-0.15, -0.1) is 0 Å². The topological polar surface area (TPSA) is 90.0 Å². The molecule has 2 aliphatic heterocycles. The maximum atomic E-state index is 13.2. The standard InChI is InChI=1S/C24H27ClF2N4O3/c1-14-10-17(8-9-33-14)31-20(32)12-24(2,30-23(31)28)18-5-3-4-16(21(18)25)11-15-6-7-19(29-13-15)34-22(26)27/h3-7,13-14,17,22H,8-12H2,1-2H3,(H2,28,30)/t14-,17+,24-/m0/s1. The summed E-state index contributed by atoms with van der Waals surface area (Å²) in [7, 11) is 0. The summed E-state index contributed by atoms with van der Waals surface area (Å²) in [6.45, 7) is 1.49. The van der Waals surface area contributed by atoms with Crippen molar-refractivity contribution in [2.24, 2.45) is 10.7 Å². The molecule has 182 valence electrons. The highest BCUT2D eigenvalue weighted by Gasteiger charge is 2.42. The lowest BCUT2D eigenvalue weighted by atomic mass is 9.85. The molecule has 7 nitrogen and oxygen atoms in total. The average molecular weight is 493 g/mol. The van der Waals surface area contributed by atoms with Crippen molar-refractivity contribution < 1.29 is 23.0 Å². The average Bonchev–Trinajstić information content (AvgIpc) is 2.75. The highest BCUT2D eigenvalue weighted by atomic mass is 35.5. The molecule has 1 amide bonds. The molecule has 1 aromatic carbocycles. The zero-order valence-corrected chi connectivity index (χ0v) is 19.8. The molecule has 0 aliphatic carbocycles. The third kappa shape index (κ3) is 5.15. The Morgan fingerprint density at radius 1 is 1.35 bits per heavy atom. The molecule has 0 saturated carbocycles. The van der Waals surface area contributed by atoms with E-state index in [0.717, 1.165) is 11.1 Å². The van der Waals surface area contributed by atoms with Crippen molar-refractivity contribution >= 4 is 23.5 Å². The van der Waals surface area contributed by atoms with Gasteiger partial charge in [0.2, 0.25) is 11.8 Å². The molecule has 2 aromatic rings. The van der Waals surface area contributed by atoms with Gasteiger partial charge < -0.3 is 15.2 Å². The van der Waals surface area contributed by atoms with E-state index >= 15 is 0 Å². The van der Waals surface area contributed by atoms with Crippen LogP contribution in [0.5, 0.6) is 5.88 Å². The number of nitrogens with two attached hydrogens (primary N) is 1. The summed E-state index contributed by atoms with van der Waals surface area (Å²) in [6.07, 6.45) is 3.52. The van der Waals surface area contributed by atoms with Crippen molar-refractivity contribution in [1.82, 2.24) is 9.88 Å². The molecule has 0 bridgehead atoms. The van der Waals surface area contributed by atoms with Crippen LogP contribution in [0.4, 0.5) is 8.78 Å². The van der Waals surface area contributed by atoms with Gasteiger partial charge in [-0.25, -0.2) is 9.98 Å². The number of nitrogens with zero attached hydrogens (tertiary/aromatic N) is 3. The number of carbonyl (C=O) groups is 1. The van der Waals surface area contributed by atoms with Crippen molar-refractivity contribution in [1.29, 1.82) is 0 Å². The lowest BCUT2D eigenvalue weighted by molar-refractivity contribution is -0.133. The molecule has 3 heterocycles. The molecule has 1 saturated heterocycles. The van der Waals surface area contributed by atoms with Crippen molar-refractivity contribution in [2.75, 3.05) is 6.61 Å². The number of pyridine rings is 1. The summed E-state index contributed by atoms with van der Waals surface area (Å²) >= 11 is 6.79. The van der Waals surface area contributed by atoms with Gasteiger partial charge in [-0.2, -0.15) is 8.78 Å². The van der Waals surface area contributed by atoms with Crippen LogP contribution >= 0.6 is 11.6 Å². The Morgan fingerprint density at radius 2 is 2.15 bits per heavy atom. The van der Waals surface area contributed by atoms with E-state index in [-0.39, 0.29) is 36.3 Å². The molecular formula is C24H27ClF2N4O3. The number of amides is 1. The molecule has 0 spiro atoms. The molecule has 4 rings (SSSR count). The summed E-state index contributed by atoms with van der Waals surface area (Å²) < 4.78 is 34.6. The molecule has 34 heavy (non-hydrogen) atoms. The molecule has 2 N–H and O–H groups in total. The van der Waals surface area contributed by atoms with Crippen LogP contribution in [0.15, 0.2) is 41.5 Å². The Labute approximate surface area is 201 Å². The minimum atomic E-state index is -2.93. The van der Waals surface area contributed by atoms with E-state index < -0.39 is 12.2 Å². The number of halogens is 3. The van der Waals surface area contributed by atoms with Crippen LogP contribution in [0.3, 0.4) is 0 Å². The summed E-state index contributed by atoms with van der Waals surface area (Å²) in [5, 5.41) is 0.482. The van der Waals surface area contributed by atoms with Crippen LogP contribution in [0.2, 0.25) is 5.02 Å². The number of carbonyl (C=O) groups excluding carboxylic acids is 1. The molecule has 1 aromatic heterocycles. The van der Waals surface area contributed by atoms with Crippen LogP contribution in [-0.2, 0) is 21.5 Å². The van der Waals surface area contributed by atoms with E-state index in [0.29, 0.717) is 36.5 Å². The largest absolute Gasteiger partial charge is 0.417 e. The number of rotatable bonds is 6. The second-order valence-electron chi connectivity index (χ2n) is 8.88. The number of alkyl halides is 2. The number of guanidine groups is 1. The first-order valence-corrected chi connectivity index (χ1v) is 11.5. The van der Waals surface area contributed by atoms with E-state index in [9.17, 15) is 13.6 Å². The number of hydrogen-bond acceptors (Lipinski definition) is 6. The Balaban J connectivity index is 1.57. The fourth-order valence-electron chi connectivity index (χ4n) is 4.64. The lowest BCUT2D eigenvalue weighted by Gasteiger charge is -2.41. The summed E-state index contributed by atoms with van der Waals surface area (Å²) in [6, 6.07) is 8.58. The van der Waals surface area contributed by atoms with E-state index in [1.807, 2.05) is 32.0 Å². The minimum absolute atomic E-state index is 0.0316. The van der Waals surface area contributed by atoms with Crippen molar-refractivity contribution in [3.63, 3.8) is 0 Å². The van der Waals surface area contributed by atoms with Crippen LogP contribution in [0.1, 0.15) is 49.8 Å². The third-order valence-electron chi connectivity index (χ3n) is 6.26. The van der Waals surface area contributed by atoms with Gasteiger partial charge in [0.15, 0.2) is 5.96 Å². The fourth-order valence-corrected chi connectivity index (χ4v) is 5.03. The maximum Gasteiger partial charge on any atom is 0.388 e. The highest BCUT2D eigenvalue weighted by Crippen LogP contribution is 2.40. The monoisotopic (exact) mass is 492 g/mol. The highest BCUT2D eigenvalue weighted by molar-refractivity contribution is 6.32. The number of aliphatic imine (C=N–C) groups is 1. The smallest absolute Gasteiger partial charge is 0.388 e. The van der Waals surface area contributed by atoms with Crippen molar-refractivity contribution in [3.8, 4) is 5.88 Å². The van der Waals surface area contributed by atoms with E-state index in [4.69, 9.17) is 27.1 Å². The van der Waals surface area contributed by atoms with E-state index in [2.05, 4.69) is 9.72 Å². The van der Waals surface area contributed by atoms with Crippen molar-refractivity contribution in [3.05, 3.63) is 58.2 Å². The number of benzene rings is 1. The predicted molar refractivity (Wildman–Crippen MR) is 124 cm³/mol. The summed E-state index contributed by atoms with van der Waals surface area (Å²) in [4.78, 5) is 23.5. The quantitative estimate of drug-likeness (QED) is 0.650. The van der Waals surface area contributed by atoms with E-state index in [1.54, 1.807) is 11.0 Å². The number of hydrogen-bond donors (Lipinski definition) is 1. The van der Waals surface area contributed by atoms with E-state index in [1.165, 1.54) is 12.3 Å². The second-order valence-corrected chi connectivity index (χ2v) is 9.26. The number of ether oxygens (including phenoxy) is 2. The van der Waals surface area contributed by atoms with Gasteiger partial charge in [0.05, 0.1) is 18.1 Å². The lowest BCUT2D eigenvalue weighted by Crippen LogP contribution is -2.56. The van der Waals surface area contributed by atoms with Gasteiger partial charge in [0.1, 0.15) is 0 Å². The molecule has 0 radical (unpaired) electrons. The van der Waals surface area contributed by atoms with Gasteiger partial charge in [0.25, 0.3) is 0 Å². The molecule has 1 fully saturated rings. The minimum Gasteiger partial charge on any atom is -0.417 e. The van der Waals surface area contributed by atoms with Gasteiger partial charge in [-0.05, 0) is 43.4 Å². The zero-order chi connectivity index (χ0) is 24.5. The summed E-state index contributed by atoms with van der Waals surface area (Å²) in [5.74, 6) is -0.0485. The summed E-state index contributed by atoms with van der Waals surface area (Å²) in [5.41, 5.74) is 7.68. The van der Waals surface area contributed by atoms with Crippen molar-refractivity contribution in [2.45, 2.75) is 63.8 Å².